The van der Waals surface area contributed by atoms with E-state index >= 15 is 0 Å². The predicted octanol–water partition coefficient (Wildman–Crippen LogP) is 3.23. The van der Waals surface area contributed by atoms with Gasteiger partial charge >= 0.3 is 0 Å². The Morgan fingerprint density at radius 3 is 2.56 bits per heavy atom. The van der Waals surface area contributed by atoms with Crippen molar-refractivity contribution in [1.82, 2.24) is 4.72 Å². The summed E-state index contributed by atoms with van der Waals surface area (Å²) in [6.45, 7) is 6.59. The molecular weight excluding hydrogens is 310 g/mol. The van der Waals surface area contributed by atoms with Gasteiger partial charge in [0.2, 0.25) is 0 Å². The van der Waals surface area contributed by atoms with Crippen LogP contribution in [0.15, 0.2) is 20.1 Å². The second-order valence-electron chi connectivity index (χ2n) is 4.40. The fourth-order valence-electron chi connectivity index (χ4n) is 0.953. The highest BCUT2D eigenvalue weighted by molar-refractivity contribution is 9.10. The molecule has 0 spiro atoms. The molecule has 1 N–H and O–H groups in total. The Hall–Kier alpha value is 0.0900. The first-order chi connectivity index (χ1) is 7.28. The summed E-state index contributed by atoms with van der Waals surface area (Å²) in [4.78, 5) is 0. The van der Waals surface area contributed by atoms with Crippen molar-refractivity contribution in [3.8, 4) is 0 Å². The van der Waals surface area contributed by atoms with Crippen molar-refractivity contribution in [1.29, 1.82) is 0 Å². The number of thiophene rings is 1. The zero-order valence-corrected chi connectivity index (χ0v) is 12.8. The van der Waals surface area contributed by atoms with E-state index in [4.69, 9.17) is 0 Å². The second kappa shape index (κ2) is 5.16. The number of nitrogens with one attached hydrogen (secondary N) is 1. The lowest BCUT2D eigenvalue weighted by molar-refractivity contribution is 0.350. The summed E-state index contributed by atoms with van der Waals surface area (Å²) in [5, 5.41) is 1.75. The Kier molecular flexibility index (Phi) is 4.57. The molecule has 6 heteroatoms. The first-order valence-electron chi connectivity index (χ1n) is 5.01. The number of hydrogen-bond donors (Lipinski definition) is 1. The van der Waals surface area contributed by atoms with E-state index in [0.717, 1.165) is 6.42 Å². The zero-order valence-electron chi connectivity index (χ0n) is 9.58. The van der Waals surface area contributed by atoms with Crippen LogP contribution < -0.4 is 4.72 Å². The van der Waals surface area contributed by atoms with Crippen LogP contribution in [0, 0.1) is 5.41 Å². The number of rotatable bonds is 5. The highest BCUT2D eigenvalue weighted by Crippen LogP contribution is 2.28. The van der Waals surface area contributed by atoms with E-state index in [1.54, 1.807) is 11.4 Å². The molecule has 0 aromatic carbocycles. The molecule has 0 aliphatic carbocycles. The predicted molar refractivity (Wildman–Crippen MR) is 71.3 cm³/mol. The Bertz CT molecular complexity index is 451. The molecule has 16 heavy (non-hydrogen) atoms. The zero-order chi connectivity index (χ0) is 12.4. The monoisotopic (exact) mass is 325 g/mol. The highest BCUT2D eigenvalue weighted by Gasteiger charge is 2.23. The quantitative estimate of drug-likeness (QED) is 0.903. The molecule has 0 saturated heterocycles. The van der Waals surface area contributed by atoms with Crippen molar-refractivity contribution >= 4 is 37.3 Å². The Labute approximate surface area is 109 Å². The van der Waals surface area contributed by atoms with Gasteiger partial charge in [0.15, 0.2) is 0 Å². The molecule has 1 heterocycles. The molecule has 0 unspecified atom stereocenters. The molecule has 0 radical (unpaired) electrons. The van der Waals surface area contributed by atoms with Crippen LogP contribution in [-0.2, 0) is 10.0 Å². The van der Waals surface area contributed by atoms with Gasteiger partial charge in [-0.3, -0.25) is 0 Å². The normalized spacial score (nSPS) is 13.0. The van der Waals surface area contributed by atoms with Gasteiger partial charge in [-0.25, -0.2) is 13.1 Å². The van der Waals surface area contributed by atoms with Crippen molar-refractivity contribution in [3.63, 3.8) is 0 Å². The van der Waals surface area contributed by atoms with Crippen LogP contribution in [-0.4, -0.2) is 15.0 Å². The molecule has 0 aliphatic heterocycles. The summed E-state index contributed by atoms with van der Waals surface area (Å²) in [5.41, 5.74) is -0.0171. The fraction of sp³-hybridized carbons (Fsp3) is 0.600. The molecule has 1 aromatic rings. The van der Waals surface area contributed by atoms with Gasteiger partial charge in [-0.15, -0.1) is 11.3 Å². The summed E-state index contributed by atoms with van der Waals surface area (Å²) in [7, 11) is -3.37. The van der Waals surface area contributed by atoms with Crippen LogP contribution in [0.25, 0.3) is 0 Å². The van der Waals surface area contributed by atoms with Crippen molar-refractivity contribution in [2.24, 2.45) is 5.41 Å². The molecule has 0 saturated carbocycles. The minimum absolute atomic E-state index is 0.0171. The van der Waals surface area contributed by atoms with Gasteiger partial charge in [0.25, 0.3) is 10.0 Å². The third-order valence-electron chi connectivity index (χ3n) is 2.53. The van der Waals surface area contributed by atoms with Gasteiger partial charge < -0.3 is 0 Å². The van der Waals surface area contributed by atoms with Crippen LogP contribution >= 0.6 is 27.3 Å². The molecule has 0 amide bonds. The number of halogens is 1. The Morgan fingerprint density at radius 2 is 2.12 bits per heavy atom. The lowest BCUT2D eigenvalue weighted by Crippen LogP contribution is -2.33. The smallest absolute Gasteiger partial charge is 0.210 e. The maximum absolute atomic E-state index is 11.9. The molecule has 0 bridgehead atoms. The average molecular weight is 326 g/mol. The summed E-state index contributed by atoms with van der Waals surface area (Å²) in [6.07, 6.45) is 0.932. The van der Waals surface area contributed by atoms with Gasteiger partial charge in [-0.05, 0) is 39.2 Å². The van der Waals surface area contributed by atoms with Crippen LogP contribution in [0.4, 0.5) is 0 Å². The van der Waals surface area contributed by atoms with Crippen LogP contribution in [0.2, 0.25) is 0 Å². The summed E-state index contributed by atoms with van der Waals surface area (Å²) in [5.74, 6) is 0. The maximum atomic E-state index is 11.9. The van der Waals surface area contributed by atoms with Crippen molar-refractivity contribution in [2.45, 2.75) is 31.4 Å². The number of sulfonamides is 1. The van der Waals surface area contributed by atoms with Crippen molar-refractivity contribution in [2.75, 3.05) is 6.54 Å². The van der Waals surface area contributed by atoms with E-state index in [1.165, 1.54) is 11.3 Å². The molecule has 0 fully saturated rings. The minimum atomic E-state index is -3.37. The van der Waals surface area contributed by atoms with E-state index in [0.29, 0.717) is 15.2 Å². The van der Waals surface area contributed by atoms with Gasteiger partial charge in [0, 0.05) is 11.0 Å². The van der Waals surface area contributed by atoms with E-state index in [-0.39, 0.29) is 5.41 Å². The van der Waals surface area contributed by atoms with Crippen LogP contribution in [0.3, 0.4) is 0 Å². The van der Waals surface area contributed by atoms with Crippen LogP contribution in [0.5, 0.6) is 0 Å². The second-order valence-corrected chi connectivity index (χ2v) is 8.13. The summed E-state index contributed by atoms with van der Waals surface area (Å²) in [6, 6.07) is 1.74. The maximum Gasteiger partial charge on any atom is 0.251 e. The third-order valence-corrected chi connectivity index (χ3v) is 6.60. The van der Waals surface area contributed by atoms with Crippen molar-refractivity contribution < 1.29 is 8.42 Å². The van der Waals surface area contributed by atoms with Crippen LogP contribution in [0.1, 0.15) is 27.2 Å². The fourth-order valence-corrected chi connectivity index (χ4v) is 4.57. The largest absolute Gasteiger partial charge is 0.251 e. The van der Waals surface area contributed by atoms with Gasteiger partial charge in [-0.1, -0.05) is 20.8 Å². The van der Waals surface area contributed by atoms with E-state index < -0.39 is 10.0 Å². The lowest BCUT2D eigenvalue weighted by Gasteiger charge is -2.22. The van der Waals surface area contributed by atoms with Gasteiger partial charge in [0.1, 0.15) is 4.21 Å². The number of hydrogen-bond acceptors (Lipinski definition) is 3. The summed E-state index contributed by atoms with van der Waals surface area (Å²) < 4.78 is 27.5. The molecular formula is C10H16BrNO2S2. The van der Waals surface area contributed by atoms with E-state index in [9.17, 15) is 8.42 Å². The SMILES string of the molecule is CCC(C)(C)CNS(=O)(=O)c1sccc1Br. The molecule has 3 nitrogen and oxygen atoms in total. The molecule has 0 aliphatic rings. The van der Waals surface area contributed by atoms with E-state index in [2.05, 4.69) is 27.6 Å². The highest BCUT2D eigenvalue weighted by atomic mass is 79.9. The Balaban J connectivity index is 2.79. The first kappa shape index (κ1) is 14.2. The minimum Gasteiger partial charge on any atom is -0.210 e. The standard InChI is InChI=1S/C10H16BrNO2S2/c1-4-10(2,3)7-12-16(13,14)9-8(11)5-6-15-9/h5-6,12H,4,7H2,1-3H3. The Morgan fingerprint density at radius 1 is 1.50 bits per heavy atom. The average Bonchev–Trinajstić information content (AvgIpc) is 2.63. The van der Waals surface area contributed by atoms with E-state index in [1.807, 2.05) is 13.8 Å². The first-order valence-corrected chi connectivity index (χ1v) is 8.17. The molecule has 0 atom stereocenters. The van der Waals surface area contributed by atoms with Gasteiger partial charge in [0.05, 0.1) is 0 Å². The lowest BCUT2D eigenvalue weighted by atomic mass is 9.91. The molecule has 1 rings (SSSR count). The van der Waals surface area contributed by atoms with Gasteiger partial charge in [-0.2, -0.15) is 0 Å². The van der Waals surface area contributed by atoms with Crippen molar-refractivity contribution in [3.05, 3.63) is 15.9 Å². The topological polar surface area (TPSA) is 46.2 Å². The molecule has 92 valence electrons. The molecule has 1 aromatic heterocycles. The summed E-state index contributed by atoms with van der Waals surface area (Å²) >= 11 is 4.45. The third kappa shape index (κ3) is 3.55.